The third kappa shape index (κ3) is 3.50. The minimum atomic E-state index is -0.842. The predicted octanol–water partition coefficient (Wildman–Crippen LogP) is 1.83. The van der Waals surface area contributed by atoms with Crippen LogP contribution >= 0.6 is 11.6 Å². The fraction of sp³-hybridized carbons (Fsp3) is 0.176. The van der Waals surface area contributed by atoms with Crippen LogP contribution in [0.25, 0.3) is 11.0 Å². The normalized spacial score (nSPS) is 12.2. The maximum Gasteiger partial charge on any atom is 0.326 e. The standard InChI is InChI=1S/C17H16ClN3O3/c18-12-7-5-11(6-8-12)15(22)9-19-16(23)10-21-14-4-2-1-3-13(14)20-17(21)24/h1-8,15,22H,9-10H2,(H,19,23)(H,20,24). The van der Waals surface area contributed by atoms with Gasteiger partial charge in [0.05, 0.1) is 17.1 Å². The quantitative estimate of drug-likeness (QED) is 0.659. The highest BCUT2D eigenvalue weighted by Gasteiger charge is 2.12. The lowest BCUT2D eigenvalue weighted by molar-refractivity contribution is -0.122. The molecule has 2 aromatic carbocycles. The molecule has 124 valence electrons. The van der Waals surface area contributed by atoms with E-state index in [0.29, 0.717) is 21.6 Å². The molecule has 3 N–H and O–H groups in total. The highest BCUT2D eigenvalue weighted by Crippen LogP contribution is 2.15. The number of fused-ring (bicyclic) bond motifs is 1. The van der Waals surface area contributed by atoms with Crippen LogP contribution in [0.2, 0.25) is 5.02 Å². The monoisotopic (exact) mass is 345 g/mol. The first-order valence-corrected chi connectivity index (χ1v) is 7.80. The molecule has 3 aromatic rings. The Labute approximate surface area is 142 Å². The number of para-hydroxylation sites is 2. The van der Waals surface area contributed by atoms with Gasteiger partial charge in [-0.05, 0) is 29.8 Å². The number of imidazole rings is 1. The Morgan fingerprint density at radius 1 is 1.21 bits per heavy atom. The number of hydrogen-bond acceptors (Lipinski definition) is 3. The van der Waals surface area contributed by atoms with Crippen LogP contribution < -0.4 is 11.0 Å². The van der Waals surface area contributed by atoms with E-state index in [1.165, 1.54) is 4.57 Å². The molecule has 7 heteroatoms. The van der Waals surface area contributed by atoms with Crippen molar-refractivity contribution in [2.24, 2.45) is 0 Å². The van der Waals surface area contributed by atoms with Crippen molar-refractivity contribution in [1.29, 1.82) is 0 Å². The number of aromatic nitrogens is 2. The van der Waals surface area contributed by atoms with Crippen molar-refractivity contribution < 1.29 is 9.90 Å². The molecular weight excluding hydrogens is 330 g/mol. The molecule has 0 spiro atoms. The number of H-pyrrole nitrogens is 1. The van der Waals surface area contributed by atoms with Crippen LogP contribution in [0, 0.1) is 0 Å². The summed E-state index contributed by atoms with van der Waals surface area (Å²) >= 11 is 5.80. The van der Waals surface area contributed by atoms with Crippen LogP contribution in [0.1, 0.15) is 11.7 Å². The molecule has 1 atom stereocenters. The number of hydrogen-bond donors (Lipinski definition) is 3. The van der Waals surface area contributed by atoms with Crippen molar-refractivity contribution in [2.75, 3.05) is 6.54 Å². The van der Waals surface area contributed by atoms with E-state index in [-0.39, 0.29) is 24.7 Å². The van der Waals surface area contributed by atoms with Gasteiger partial charge in [-0.15, -0.1) is 0 Å². The molecule has 1 amide bonds. The van der Waals surface area contributed by atoms with Crippen LogP contribution in [0.15, 0.2) is 53.3 Å². The van der Waals surface area contributed by atoms with Crippen molar-refractivity contribution >= 4 is 28.5 Å². The Balaban J connectivity index is 1.64. The lowest BCUT2D eigenvalue weighted by Gasteiger charge is -2.12. The number of halogens is 1. The topological polar surface area (TPSA) is 87.1 Å². The summed E-state index contributed by atoms with van der Waals surface area (Å²) in [7, 11) is 0. The van der Waals surface area contributed by atoms with E-state index in [1.807, 2.05) is 6.07 Å². The summed E-state index contributed by atoms with van der Waals surface area (Å²) in [4.78, 5) is 26.7. The molecule has 0 saturated heterocycles. The van der Waals surface area contributed by atoms with Crippen molar-refractivity contribution in [3.63, 3.8) is 0 Å². The molecule has 0 saturated carbocycles. The van der Waals surface area contributed by atoms with Gasteiger partial charge in [-0.2, -0.15) is 0 Å². The lowest BCUT2D eigenvalue weighted by Crippen LogP contribution is -2.33. The van der Waals surface area contributed by atoms with Crippen LogP contribution in [0.4, 0.5) is 0 Å². The number of amides is 1. The van der Waals surface area contributed by atoms with Gasteiger partial charge in [0.1, 0.15) is 6.54 Å². The zero-order valence-corrected chi connectivity index (χ0v) is 13.5. The Hall–Kier alpha value is -2.57. The molecule has 0 radical (unpaired) electrons. The Morgan fingerprint density at radius 2 is 1.92 bits per heavy atom. The molecule has 0 bridgehead atoms. The van der Waals surface area contributed by atoms with Gasteiger partial charge in [0.2, 0.25) is 5.91 Å². The first-order valence-electron chi connectivity index (χ1n) is 7.42. The summed E-state index contributed by atoms with van der Waals surface area (Å²) in [6.07, 6.45) is -0.842. The molecule has 24 heavy (non-hydrogen) atoms. The van der Waals surface area contributed by atoms with Crippen LogP contribution in [0.5, 0.6) is 0 Å². The van der Waals surface area contributed by atoms with Gasteiger partial charge in [-0.25, -0.2) is 4.79 Å². The van der Waals surface area contributed by atoms with Crippen molar-refractivity contribution in [1.82, 2.24) is 14.9 Å². The zero-order valence-electron chi connectivity index (χ0n) is 12.7. The minimum Gasteiger partial charge on any atom is -0.387 e. The highest BCUT2D eigenvalue weighted by molar-refractivity contribution is 6.30. The average molecular weight is 346 g/mol. The largest absolute Gasteiger partial charge is 0.387 e. The van der Waals surface area contributed by atoms with Crippen LogP contribution in [-0.2, 0) is 11.3 Å². The van der Waals surface area contributed by atoms with Gasteiger partial charge in [0.25, 0.3) is 0 Å². The molecule has 0 aliphatic carbocycles. The zero-order chi connectivity index (χ0) is 17.1. The van der Waals surface area contributed by atoms with Crippen LogP contribution in [0.3, 0.4) is 0 Å². The van der Waals surface area contributed by atoms with Gasteiger partial charge in [0.15, 0.2) is 0 Å². The fourth-order valence-corrected chi connectivity index (χ4v) is 2.60. The van der Waals surface area contributed by atoms with Gasteiger partial charge >= 0.3 is 5.69 Å². The molecule has 6 nitrogen and oxygen atoms in total. The summed E-state index contributed by atoms with van der Waals surface area (Å²) in [5.74, 6) is -0.352. The number of carbonyl (C=O) groups is 1. The second-order valence-electron chi connectivity index (χ2n) is 5.40. The first kappa shape index (κ1) is 16.3. The van der Waals surface area contributed by atoms with Crippen molar-refractivity contribution in [3.05, 3.63) is 69.6 Å². The summed E-state index contributed by atoms with van der Waals surface area (Å²) in [6, 6.07) is 13.9. The first-order chi connectivity index (χ1) is 11.5. The lowest BCUT2D eigenvalue weighted by atomic mass is 10.1. The smallest absolute Gasteiger partial charge is 0.326 e. The molecule has 1 heterocycles. The molecule has 1 aromatic heterocycles. The number of aliphatic hydroxyl groups excluding tert-OH is 1. The second kappa shape index (κ2) is 6.90. The Bertz CT molecular complexity index is 915. The number of carbonyl (C=O) groups excluding carboxylic acids is 1. The molecule has 0 aliphatic rings. The van der Waals surface area contributed by atoms with E-state index in [9.17, 15) is 14.7 Å². The number of aliphatic hydroxyl groups is 1. The number of aromatic amines is 1. The van der Waals surface area contributed by atoms with Gasteiger partial charge in [-0.3, -0.25) is 9.36 Å². The van der Waals surface area contributed by atoms with E-state index in [4.69, 9.17) is 11.6 Å². The summed E-state index contributed by atoms with van der Waals surface area (Å²) < 4.78 is 1.36. The van der Waals surface area contributed by atoms with Gasteiger partial charge in [0, 0.05) is 11.6 Å². The third-order valence-electron chi connectivity index (χ3n) is 3.73. The Kier molecular flexibility index (Phi) is 4.69. The van der Waals surface area contributed by atoms with Gasteiger partial charge < -0.3 is 15.4 Å². The van der Waals surface area contributed by atoms with Gasteiger partial charge in [-0.1, -0.05) is 35.9 Å². The number of nitrogens with zero attached hydrogens (tertiary/aromatic N) is 1. The summed E-state index contributed by atoms with van der Waals surface area (Å²) in [5, 5.41) is 13.3. The SMILES string of the molecule is O=C(Cn1c(=O)[nH]c2ccccc21)NCC(O)c1ccc(Cl)cc1. The maximum atomic E-state index is 12.1. The number of rotatable bonds is 5. The minimum absolute atomic E-state index is 0.0531. The predicted molar refractivity (Wildman–Crippen MR) is 92.0 cm³/mol. The van der Waals surface area contributed by atoms with Crippen molar-refractivity contribution in [3.8, 4) is 0 Å². The third-order valence-corrected chi connectivity index (χ3v) is 3.98. The summed E-state index contributed by atoms with van der Waals surface area (Å²) in [5.41, 5.74) is 1.65. The second-order valence-corrected chi connectivity index (χ2v) is 5.84. The Morgan fingerprint density at radius 3 is 2.67 bits per heavy atom. The van der Waals surface area contributed by atoms with E-state index in [0.717, 1.165) is 0 Å². The van der Waals surface area contributed by atoms with Crippen molar-refractivity contribution in [2.45, 2.75) is 12.6 Å². The number of benzene rings is 2. The molecule has 1 unspecified atom stereocenters. The average Bonchev–Trinajstić information content (AvgIpc) is 2.89. The molecule has 3 rings (SSSR count). The van der Waals surface area contributed by atoms with E-state index in [1.54, 1.807) is 42.5 Å². The van der Waals surface area contributed by atoms with E-state index in [2.05, 4.69) is 10.3 Å². The molecular formula is C17H16ClN3O3. The summed E-state index contributed by atoms with van der Waals surface area (Å²) in [6.45, 7) is -0.0617. The van der Waals surface area contributed by atoms with Crippen LogP contribution in [-0.4, -0.2) is 27.1 Å². The highest BCUT2D eigenvalue weighted by atomic mass is 35.5. The fourth-order valence-electron chi connectivity index (χ4n) is 2.48. The maximum absolute atomic E-state index is 12.1. The number of nitrogens with one attached hydrogen (secondary N) is 2. The van der Waals surface area contributed by atoms with E-state index < -0.39 is 6.10 Å². The molecule has 0 aliphatic heterocycles. The van der Waals surface area contributed by atoms with E-state index >= 15 is 0 Å². The molecule has 0 fully saturated rings.